The normalized spacial score (nSPS) is 31.1. The molecular formula is C15H28N2O3S. The Morgan fingerprint density at radius 2 is 1.76 bits per heavy atom. The molecule has 6 heteroatoms. The Bertz CT molecular complexity index is 456. The zero-order chi connectivity index (χ0) is 15.5. The molecule has 1 saturated carbocycles. The average molecular weight is 316 g/mol. The van der Waals surface area contributed by atoms with Crippen LogP contribution in [0.5, 0.6) is 0 Å². The summed E-state index contributed by atoms with van der Waals surface area (Å²) in [7, 11) is -3.51. The molecule has 0 bridgehead atoms. The fourth-order valence-corrected chi connectivity index (χ4v) is 4.68. The van der Waals surface area contributed by atoms with Crippen molar-refractivity contribution in [2.45, 2.75) is 58.4 Å². The fourth-order valence-electron chi connectivity index (χ4n) is 3.34. The quantitative estimate of drug-likeness (QED) is 0.859. The van der Waals surface area contributed by atoms with Gasteiger partial charge in [0.05, 0.1) is 0 Å². The number of sulfonamides is 1. The van der Waals surface area contributed by atoms with Crippen molar-refractivity contribution in [3.8, 4) is 0 Å². The third-order valence-electron chi connectivity index (χ3n) is 4.69. The highest BCUT2D eigenvalue weighted by Gasteiger charge is 2.28. The van der Waals surface area contributed by atoms with Crippen LogP contribution in [-0.2, 0) is 14.8 Å². The molecule has 1 amide bonds. The SMILES string of the molecule is CC1CCC(NS(=O)(=O)CC(=O)N2CCCC(C)C2)CC1. The van der Waals surface area contributed by atoms with E-state index in [-0.39, 0.29) is 11.9 Å². The standard InChI is InChI=1S/C15H28N2O3S/c1-12-5-7-14(8-6-12)16-21(19,20)11-15(18)17-9-3-4-13(2)10-17/h12-14,16H,3-11H2,1-2H3. The Labute approximate surface area is 128 Å². The van der Waals surface area contributed by atoms with E-state index in [4.69, 9.17) is 0 Å². The van der Waals surface area contributed by atoms with Crippen LogP contribution in [-0.4, -0.2) is 44.1 Å². The lowest BCUT2D eigenvalue weighted by atomic mass is 9.88. The number of amides is 1. The van der Waals surface area contributed by atoms with Gasteiger partial charge in [0.1, 0.15) is 5.75 Å². The maximum atomic E-state index is 12.2. The van der Waals surface area contributed by atoms with Crippen LogP contribution in [0.1, 0.15) is 52.4 Å². The van der Waals surface area contributed by atoms with E-state index in [1.54, 1.807) is 4.90 Å². The molecule has 2 aliphatic rings. The molecule has 1 aliphatic carbocycles. The number of nitrogens with one attached hydrogen (secondary N) is 1. The second-order valence-corrected chi connectivity index (χ2v) is 8.67. The average Bonchev–Trinajstić information content (AvgIpc) is 2.40. The van der Waals surface area contributed by atoms with E-state index in [1.807, 2.05) is 0 Å². The van der Waals surface area contributed by atoms with E-state index in [2.05, 4.69) is 18.6 Å². The zero-order valence-corrected chi connectivity index (χ0v) is 14.0. The van der Waals surface area contributed by atoms with Gasteiger partial charge in [0.15, 0.2) is 0 Å². The van der Waals surface area contributed by atoms with Crippen molar-refractivity contribution in [1.82, 2.24) is 9.62 Å². The first-order valence-electron chi connectivity index (χ1n) is 8.13. The molecule has 0 radical (unpaired) electrons. The summed E-state index contributed by atoms with van der Waals surface area (Å²) in [6, 6.07) is 0.0132. The molecule has 122 valence electrons. The lowest BCUT2D eigenvalue weighted by molar-refractivity contribution is -0.130. The van der Waals surface area contributed by atoms with Crippen LogP contribution in [0.4, 0.5) is 0 Å². The topological polar surface area (TPSA) is 66.5 Å². The second kappa shape index (κ2) is 7.09. The number of rotatable bonds is 4. The molecule has 2 fully saturated rings. The van der Waals surface area contributed by atoms with Crippen molar-refractivity contribution in [3.63, 3.8) is 0 Å². The number of carbonyl (C=O) groups is 1. The van der Waals surface area contributed by atoms with E-state index >= 15 is 0 Å². The van der Waals surface area contributed by atoms with Crippen molar-refractivity contribution in [2.75, 3.05) is 18.8 Å². The Hall–Kier alpha value is -0.620. The summed E-state index contributed by atoms with van der Waals surface area (Å²) in [5.74, 6) is 0.504. The first-order chi connectivity index (χ1) is 9.85. The molecule has 5 nitrogen and oxygen atoms in total. The van der Waals surface area contributed by atoms with Gasteiger partial charge in [0.2, 0.25) is 15.9 Å². The van der Waals surface area contributed by atoms with Gasteiger partial charge < -0.3 is 4.90 Å². The minimum atomic E-state index is -3.51. The van der Waals surface area contributed by atoms with E-state index in [9.17, 15) is 13.2 Å². The molecule has 1 N–H and O–H groups in total. The zero-order valence-electron chi connectivity index (χ0n) is 13.2. The number of likely N-dealkylation sites (tertiary alicyclic amines) is 1. The number of carbonyl (C=O) groups excluding carboxylic acids is 1. The molecule has 0 aromatic rings. The molecule has 1 heterocycles. The van der Waals surface area contributed by atoms with Crippen LogP contribution in [0.15, 0.2) is 0 Å². The van der Waals surface area contributed by atoms with Gasteiger partial charge in [-0.25, -0.2) is 13.1 Å². The summed E-state index contributed by atoms with van der Waals surface area (Å²) >= 11 is 0. The molecule has 2 rings (SSSR count). The molecule has 0 aromatic heterocycles. The monoisotopic (exact) mass is 316 g/mol. The summed E-state index contributed by atoms with van der Waals surface area (Å²) < 4.78 is 27.0. The number of hydrogen-bond acceptors (Lipinski definition) is 3. The first kappa shape index (κ1) is 16.7. The largest absolute Gasteiger partial charge is 0.342 e. The third kappa shape index (κ3) is 5.25. The smallest absolute Gasteiger partial charge is 0.239 e. The van der Waals surface area contributed by atoms with Crippen molar-refractivity contribution in [2.24, 2.45) is 11.8 Å². The van der Waals surface area contributed by atoms with Crippen LogP contribution in [0.3, 0.4) is 0 Å². The van der Waals surface area contributed by atoms with Crippen LogP contribution >= 0.6 is 0 Å². The summed E-state index contributed by atoms with van der Waals surface area (Å²) in [6.45, 7) is 5.69. The molecule has 21 heavy (non-hydrogen) atoms. The van der Waals surface area contributed by atoms with E-state index in [0.717, 1.165) is 38.5 Å². The molecular weight excluding hydrogens is 288 g/mol. The number of nitrogens with zero attached hydrogens (tertiary/aromatic N) is 1. The maximum Gasteiger partial charge on any atom is 0.239 e. The first-order valence-corrected chi connectivity index (χ1v) is 9.79. The Balaban J connectivity index is 1.84. The van der Waals surface area contributed by atoms with Crippen LogP contribution in [0.25, 0.3) is 0 Å². The fraction of sp³-hybridized carbons (Fsp3) is 0.933. The van der Waals surface area contributed by atoms with Gasteiger partial charge in [-0.05, 0) is 50.4 Å². The van der Waals surface area contributed by atoms with Crippen LogP contribution in [0, 0.1) is 11.8 Å². The highest BCUT2D eigenvalue weighted by molar-refractivity contribution is 7.90. The van der Waals surface area contributed by atoms with Crippen molar-refractivity contribution < 1.29 is 13.2 Å². The van der Waals surface area contributed by atoms with Crippen molar-refractivity contribution in [3.05, 3.63) is 0 Å². The van der Waals surface area contributed by atoms with Crippen molar-refractivity contribution >= 4 is 15.9 Å². The molecule has 1 unspecified atom stereocenters. The maximum absolute atomic E-state index is 12.2. The summed E-state index contributed by atoms with van der Waals surface area (Å²) in [5, 5.41) is 0. The van der Waals surface area contributed by atoms with Gasteiger partial charge in [-0.1, -0.05) is 13.8 Å². The molecule has 1 aliphatic heterocycles. The molecule has 0 aromatic carbocycles. The molecule has 0 spiro atoms. The predicted octanol–water partition coefficient (Wildman–Crippen LogP) is 1.74. The summed E-state index contributed by atoms with van der Waals surface area (Å²) in [5.41, 5.74) is 0. The van der Waals surface area contributed by atoms with Gasteiger partial charge in [-0.3, -0.25) is 4.79 Å². The summed E-state index contributed by atoms with van der Waals surface area (Å²) in [6.07, 6.45) is 5.98. The minimum absolute atomic E-state index is 0.0132. The van der Waals surface area contributed by atoms with Gasteiger partial charge in [-0.2, -0.15) is 0 Å². The van der Waals surface area contributed by atoms with E-state index in [0.29, 0.717) is 24.9 Å². The molecule has 1 saturated heterocycles. The van der Waals surface area contributed by atoms with E-state index in [1.165, 1.54) is 0 Å². The minimum Gasteiger partial charge on any atom is -0.342 e. The van der Waals surface area contributed by atoms with E-state index < -0.39 is 15.8 Å². The Kier molecular flexibility index (Phi) is 5.66. The number of hydrogen-bond donors (Lipinski definition) is 1. The van der Waals surface area contributed by atoms with Crippen LogP contribution < -0.4 is 4.72 Å². The van der Waals surface area contributed by atoms with Crippen molar-refractivity contribution in [1.29, 1.82) is 0 Å². The Morgan fingerprint density at radius 1 is 1.10 bits per heavy atom. The highest BCUT2D eigenvalue weighted by atomic mass is 32.2. The lowest BCUT2D eigenvalue weighted by Gasteiger charge is -2.31. The summed E-state index contributed by atoms with van der Waals surface area (Å²) in [4.78, 5) is 13.9. The van der Waals surface area contributed by atoms with Gasteiger partial charge in [-0.15, -0.1) is 0 Å². The highest BCUT2D eigenvalue weighted by Crippen LogP contribution is 2.24. The van der Waals surface area contributed by atoms with Gasteiger partial charge >= 0.3 is 0 Å². The van der Waals surface area contributed by atoms with Gasteiger partial charge in [0.25, 0.3) is 0 Å². The Morgan fingerprint density at radius 3 is 2.38 bits per heavy atom. The third-order valence-corrected chi connectivity index (χ3v) is 6.00. The predicted molar refractivity (Wildman–Crippen MR) is 83.3 cm³/mol. The molecule has 1 atom stereocenters. The second-order valence-electron chi connectivity index (χ2n) is 6.92. The number of piperidine rings is 1. The lowest BCUT2D eigenvalue weighted by Crippen LogP contribution is -2.46. The van der Waals surface area contributed by atoms with Gasteiger partial charge in [0, 0.05) is 19.1 Å². The van der Waals surface area contributed by atoms with Crippen LogP contribution in [0.2, 0.25) is 0 Å².